The summed E-state index contributed by atoms with van der Waals surface area (Å²) in [7, 11) is 3.23. The first kappa shape index (κ1) is 19.5. The summed E-state index contributed by atoms with van der Waals surface area (Å²) >= 11 is 2.44. The standard InChI is InChI=1S/C17H27IO4/c1-19-13-21-16-10-15(8-6-4-3-5-7-9-18)11-17(12-16)22-14-20-2/h10-12H,3-9,13-14H2,1-2H3. The first-order valence-electron chi connectivity index (χ1n) is 7.73. The molecule has 0 N–H and O–H groups in total. The van der Waals surface area contributed by atoms with Crippen molar-refractivity contribution in [2.75, 3.05) is 32.2 Å². The normalized spacial score (nSPS) is 10.7. The fourth-order valence-corrected chi connectivity index (χ4v) is 2.69. The van der Waals surface area contributed by atoms with Crippen LogP contribution in [0.1, 0.15) is 37.7 Å². The molecule has 5 heteroatoms. The van der Waals surface area contributed by atoms with Crippen LogP contribution in [0.5, 0.6) is 11.5 Å². The lowest BCUT2D eigenvalue weighted by molar-refractivity contribution is 0.0459. The highest BCUT2D eigenvalue weighted by Crippen LogP contribution is 2.24. The van der Waals surface area contributed by atoms with Crippen LogP contribution in [0.2, 0.25) is 0 Å². The van der Waals surface area contributed by atoms with E-state index >= 15 is 0 Å². The summed E-state index contributed by atoms with van der Waals surface area (Å²) in [5, 5.41) is 0. The van der Waals surface area contributed by atoms with Crippen LogP contribution in [0.4, 0.5) is 0 Å². The van der Waals surface area contributed by atoms with Crippen molar-refractivity contribution in [3.8, 4) is 11.5 Å². The van der Waals surface area contributed by atoms with Crippen LogP contribution in [0.15, 0.2) is 18.2 Å². The second-order valence-electron chi connectivity index (χ2n) is 5.12. The van der Waals surface area contributed by atoms with Crippen LogP contribution in [-0.4, -0.2) is 32.2 Å². The number of halogens is 1. The van der Waals surface area contributed by atoms with Gasteiger partial charge in [-0.05, 0) is 41.4 Å². The van der Waals surface area contributed by atoms with Gasteiger partial charge in [-0.3, -0.25) is 0 Å². The SMILES string of the molecule is COCOc1cc(CCCCCCCI)cc(OCOC)c1. The Hall–Kier alpha value is -0.530. The Kier molecular flexibility index (Phi) is 11.5. The van der Waals surface area contributed by atoms with Gasteiger partial charge in [0.2, 0.25) is 0 Å². The van der Waals surface area contributed by atoms with Gasteiger partial charge in [0.05, 0.1) is 0 Å². The number of hydrogen-bond donors (Lipinski definition) is 0. The molecule has 0 spiro atoms. The summed E-state index contributed by atoms with van der Waals surface area (Å²) in [5.74, 6) is 1.55. The molecule has 126 valence electrons. The van der Waals surface area contributed by atoms with E-state index in [1.165, 1.54) is 42.1 Å². The molecule has 0 amide bonds. The number of aryl methyl sites for hydroxylation is 1. The third-order valence-corrected chi connectivity index (χ3v) is 3.99. The van der Waals surface area contributed by atoms with Crippen molar-refractivity contribution in [1.29, 1.82) is 0 Å². The maximum atomic E-state index is 5.53. The Morgan fingerprint density at radius 3 is 1.86 bits per heavy atom. The van der Waals surface area contributed by atoms with Crippen LogP contribution in [0, 0.1) is 0 Å². The monoisotopic (exact) mass is 422 g/mol. The summed E-state index contributed by atoms with van der Waals surface area (Å²) in [6.45, 7) is 0.479. The van der Waals surface area contributed by atoms with Gasteiger partial charge in [-0.25, -0.2) is 0 Å². The minimum absolute atomic E-state index is 0.240. The molecule has 0 saturated carbocycles. The highest BCUT2D eigenvalue weighted by atomic mass is 127. The first-order valence-corrected chi connectivity index (χ1v) is 9.26. The first-order chi connectivity index (χ1) is 10.8. The van der Waals surface area contributed by atoms with Crippen molar-refractivity contribution in [3.63, 3.8) is 0 Å². The summed E-state index contributed by atoms with van der Waals surface area (Å²) in [6, 6.07) is 5.98. The van der Waals surface area contributed by atoms with Crippen molar-refractivity contribution in [1.82, 2.24) is 0 Å². The molecule has 0 radical (unpaired) electrons. The second-order valence-corrected chi connectivity index (χ2v) is 6.20. The van der Waals surface area contributed by atoms with Crippen molar-refractivity contribution < 1.29 is 18.9 Å². The van der Waals surface area contributed by atoms with E-state index in [2.05, 4.69) is 34.7 Å². The number of hydrogen-bond acceptors (Lipinski definition) is 4. The number of alkyl halides is 1. The zero-order valence-electron chi connectivity index (χ0n) is 13.6. The molecule has 0 aliphatic heterocycles. The quantitative estimate of drug-likeness (QED) is 0.202. The summed E-state index contributed by atoms with van der Waals surface area (Å²) in [6.07, 6.45) is 7.48. The molecule has 0 aromatic heterocycles. The lowest BCUT2D eigenvalue weighted by Gasteiger charge is -2.11. The molecule has 22 heavy (non-hydrogen) atoms. The number of methoxy groups -OCH3 is 2. The van der Waals surface area contributed by atoms with Gasteiger partial charge in [-0.15, -0.1) is 0 Å². The molecular formula is C17H27IO4. The van der Waals surface area contributed by atoms with Gasteiger partial charge >= 0.3 is 0 Å². The molecule has 4 nitrogen and oxygen atoms in total. The van der Waals surface area contributed by atoms with Crippen LogP contribution in [0.3, 0.4) is 0 Å². The molecule has 0 aliphatic carbocycles. The molecule has 0 atom stereocenters. The topological polar surface area (TPSA) is 36.9 Å². The fourth-order valence-electron chi connectivity index (χ4n) is 2.15. The van der Waals surface area contributed by atoms with Gasteiger partial charge in [0, 0.05) is 20.3 Å². The van der Waals surface area contributed by atoms with Gasteiger partial charge in [-0.1, -0.05) is 41.9 Å². The van der Waals surface area contributed by atoms with Crippen LogP contribution >= 0.6 is 22.6 Å². The van der Waals surface area contributed by atoms with Crippen molar-refractivity contribution in [2.45, 2.75) is 38.5 Å². The average molecular weight is 422 g/mol. The van der Waals surface area contributed by atoms with Crippen LogP contribution in [0.25, 0.3) is 0 Å². The fraction of sp³-hybridized carbons (Fsp3) is 0.647. The largest absolute Gasteiger partial charge is 0.467 e. The number of rotatable bonds is 13. The highest BCUT2D eigenvalue weighted by Gasteiger charge is 2.04. The average Bonchev–Trinajstić information content (AvgIpc) is 2.54. The summed E-state index contributed by atoms with van der Waals surface area (Å²) in [5.41, 5.74) is 1.23. The summed E-state index contributed by atoms with van der Waals surface area (Å²) in [4.78, 5) is 0. The lowest BCUT2D eigenvalue weighted by Crippen LogP contribution is -2.02. The van der Waals surface area contributed by atoms with E-state index < -0.39 is 0 Å². The molecule has 1 aromatic rings. The molecule has 0 saturated heterocycles. The van der Waals surface area contributed by atoms with Gasteiger partial charge < -0.3 is 18.9 Å². The number of ether oxygens (including phenoxy) is 4. The smallest absolute Gasteiger partial charge is 0.188 e. The Morgan fingerprint density at radius 2 is 1.32 bits per heavy atom. The maximum Gasteiger partial charge on any atom is 0.188 e. The van der Waals surface area contributed by atoms with Gasteiger partial charge in [0.25, 0.3) is 0 Å². The maximum absolute atomic E-state index is 5.53. The van der Waals surface area contributed by atoms with E-state index in [1.807, 2.05) is 6.07 Å². The Bertz CT molecular complexity index is 372. The highest BCUT2D eigenvalue weighted by molar-refractivity contribution is 14.1. The van der Waals surface area contributed by atoms with Crippen molar-refractivity contribution in [2.24, 2.45) is 0 Å². The van der Waals surface area contributed by atoms with E-state index in [0.29, 0.717) is 0 Å². The number of benzene rings is 1. The molecule has 0 bridgehead atoms. The van der Waals surface area contributed by atoms with E-state index in [1.54, 1.807) is 14.2 Å². The second kappa shape index (κ2) is 13.0. The van der Waals surface area contributed by atoms with Gasteiger partial charge in [-0.2, -0.15) is 0 Å². The number of unbranched alkanes of at least 4 members (excludes halogenated alkanes) is 4. The molecule has 0 fully saturated rings. The molecule has 1 rings (SSSR count). The van der Waals surface area contributed by atoms with E-state index in [0.717, 1.165) is 17.9 Å². The van der Waals surface area contributed by atoms with E-state index in [9.17, 15) is 0 Å². The lowest BCUT2D eigenvalue weighted by atomic mass is 10.0. The van der Waals surface area contributed by atoms with E-state index in [4.69, 9.17) is 18.9 Å². The van der Waals surface area contributed by atoms with Crippen LogP contribution in [-0.2, 0) is 15.9 Å². The molecule has 0 aliphatic rings. The zero-order chi connectivity index (χ0) is 16.0. The predicted octanol–water partition coefficient (Wildman–Crippen LogP) is 4.58. The Labute approximate surface area is 147 Å². The third kappa shape index (κ3) is 8.80. The molecule has 1 aromatic carbocycles. The van der Waals surface area contributed by atoms with Crippen LogP contribution < -0.4 is 9.47 Å². The zero-order valence-corrected chi connectivity index (χ0v) is 15.8. The third-order valence-electron chi connectivity index (χ3n) is 3.23. The minimum atomic E-state index is 0.240. The van der Waals surface area contributed by atoms with Gasteiger partial charge in [0.1, 0.15) is 11.5 Å². The van der Waals surface area contributed by atoms with Crippen molar-refractivity contribution >= 4 is 22.6 Å². The van der Waals surface area contributed by atoms with E-state index in [-0.39, 0.29) is 13.6 Å². The molecular weight excluding hydrogens is 395 g/mol. The molecule has 0 heterocycles. The molecule has 0 unspecified atom stereocenters. The summed E-state index contributed by atoms with van der Waals surface area (Å²) < 4.78 is 22.2. The predicted molar refractivity (Wildman–Crippen MR) is 97.1 cm³/mol. The Balaban J connectivity index is 2.50. The van der Waals surface area contributed by atoms with Crippen molar-refractivity contribution in [3.05, 3.63) is 23.8 Å². The van der Waals surface area contributed by atoms with Gasteiger partial charge in [0.15, 0.2) is 13.6 Å². The Morgan fingerprint density at radius 1 is 0.773 bits per heavy atom. The minimum Gasteiger partial charge on any atom is -0.467 e.